The first-order chi connectivity index (χ1) is 15.0. The number of fused-ring (bicyclic) bond motifs is 1. The minimum atomic E-state index is -0.528. The Bertz CT molecular complexity index is 940. The molecule has 2 aromatic rings. The molecule has 1 aromatic heterocycles. The Morgan fingerprint density at radius 2 is 1.87 bits per heavy atom. The third-order valence-electron chi connectivity index (χ3n) is 6.71. The smallest absolute Gasteiger partial charge is 0.272 e. The van der Waals surface area contributed by atoms with Crippen molar-refractivity contribution in [3.05, 3.63) is 47.8 Å². The highest BCUT2D eigenvalue weighted by Crippen LogP contribution is 2.38. The second-order valence-electron chi connectivity index (χ2n) is 8.84. The Morgan fingerprint density at radius 1 is 1.06 bits per heavy atom. The molecular formula is C24H32N4O3. The van der Waals surface area contributed by atoms with Crippen molar-refractivity contribution < 1.29 is 14.3 Å². The minimum absolute atomic E-state index is 0.0436. The lowest BCUT2D eigenvalue weighted by atomic mass is 9.74. The molecule has 2 amide bonds. The number of ether oxygens (including phenoxy) is 1. The Labute approximate surface area is 184 Å². The number of para-hydroxylation sites is 1. The quantitative estimate of drug-likeness (QED) is 0.706. The molecule has 0 radical (unpaired) electrons. The van der Waals surface area contributed by atoms with E-state index in [1.54, 1.807) is 28.9 Å². The van der Waals surface area contributed by atoms with Crippen molar-refractivity contribution in [1.82, 2.24) is 19.6 Å². The molecule has 1 aromatic carbocycles. The summed E-state index contributed by atoms with van der Waals surface area (Å²) in [6, 6.07) is 9.92. The van der Waals surface area contributed by atoms with Gasteiger partial charge in [-0.1, -0.05) is 24.6 Å². The summed E-state index contributed by atoms with van der Waals surface area (Å²) < 4.78 is 7.61. The fourth-order valence-corrected chi connectivity index (χ4v) is 4.97. The summed E-state index contributed by atoms with van der Waals surface area (Å²) in [6.07, 6.45) is 6.98. The lowest BCUT2D eigenvalue weighted by molar-refractivity contribution is -0.144. The number of carbonyl (C=O) groups is 2. The number of carbonyl (C=O) groups excluding carboxylic acids is 2. The zero-order chi connectivity index (χ0) is 21.8. The molecular weight excluding hydrogens is 392 g/mol. The van der Waals surface area contributed by atoms with Gasteiger partial charge < -0.3 is 14.5 Å². The molecule has 4 rings (SSSR count). The van der Waals surface area contributed by atoms with Gasteiger partial charge in [0.05, 0.1) is 12.0 Å². The van der Waals surface area contributed by atoms with Gasteiger partial charge in [0.15, 0.2) is 0 Å². The van der Waals surface area contributed by atoms with E-state index in [1.807, 2.05) is 30.1 Å². The Kier molecular flexibility index (Phi) is 6.30. The number of piperidine rings is 1. The highest BCUT2D eigenvalue weighted by Gasteiger charge is 2.44. The van der Waals surface area contributed by atoms with Crippen molar-refractivity contribution in [2.45, 2.75) is 38.5 Å². The summed E-state index contributed by atoms with van der Waals surface area (Å²) in [5.74, 6) is 1.01. The molecule has 2 aliphatic rings. The number of hydrogen-bond acceptors (Lipinski definition) is 4. The first-order valence-electron chi connectivity index (χ1n) is 11.2. The summed E-state index contributed by atoms with van der Waals surface area (Å²) in [7, 11) is 3.63. The maximum absolute atomic E-state index is 13.6. The monoisotopic (exact) mass is 424 g/mol. The van der Waals surface area contributed by atoms with Crippen molar-refractivity contribution in [2.75, 3.05) is 33.3 Å². The number of amides is 2. The maximum Gasteiger partial charge on any atom is 0.272 e. The van der Waals surface area contributed by atoms with Crippen LogP contribution >= 0.6 is 0 Å². The molecule has 0 aliphatic carbocycles. The zero-order valence-corrected chi connectivity index (χ0v) is 18.5. The van der Waals surface area contributed by atoms with Crippen LogP contribution in [-0.2, 0) is 18.3 Å². The molecule has 2 aliphatic heterocycles. The molecule has 0 saturated carbocycles. The Balaban J connectivity index is 1.54. The molecule has 166 valence electrons. The summed E-state index contributed by atoms with van der Waals surface area (Å²) in [5.41, 5.74) is 1.26. The summed E-state index contributed by atoms with van der Waals surface area (Å²) in [4.78, 5) is 30.4. The van der Waals surface area contributed by atoms with E-state index < -0.39 is 5.41 Å². The van der Waals surface area contributed by atoms with Gasteiger partial charge in [-0.2, -0.15) is 5.10 Å². The van der Waals surface area contributed by atoms with E-state index in [2.05, 4.69) is 11.2 Å². The predicted molar refractivity (Wildman–Crippen MR) is 118 cm³/mol. The van der Waals surface area contributed by atoms with Gasteiger partial charge in [0.2, 0.25) is 5.91 Å². The second kappa shape index (κ2) is 9.12. The molecule has 1 saturated heterocycles. The summed E-state index contributed by atoms with van der Waals surface area (Å²) >= 11 is 0. The highest BCUT2D eigenvalue weighted by molar-refractivity contribution is 5.93. The van der Waals surface area contributed by atoms with Crippen LogP contribution in [0.5, 0.6) is 5.75 Å². The highest BCUT2D eigenvalue weighted by atomic mass is 16.5. The van der Waals surface area contributed by atoms with Gasteiger partial charge >= 0.3 is 0 Å². The van der Waals surface area contributed by atoms with Gasteiger partial charge in [-0.15, -0.1) is 0 Å². The number of benzene rings is 1. The van der Waals surface area contributed by atoms with Crippen LogP contribution in [0, 0.1) is 5.41 Å². The van der Waals surface area contributed by atoms with Crippen molar-refractivity contribution in [3.63, 3.8) is 0 Å². The van der Waals surface area contributed by atoms with Gasteiger partial charge in [0.1, 0.15) is 18.1 Å². The van der Waals surface area contributed by atoms with Crippen molar-refractivity contribution >= 4 is 11.8 Å². The molecule has 7 heteroatoms. The average molecular weight is 425 g/mol. The number of hydrogen-bond donors (Lipinski definition) is 0. The lowest BCUT2D eigenvalue weighted by Crippen LogP contribution is -2.54. The Hall–Kier alpha value is -2.83. The molecule has 3 heterocycles. The van der Waals surface area contributed by atoms with Crippen LogP contribution < -0.4 is 4.74 Å². The standard InChI is InChI=1S/C24H32N4O3/c1-26-16-17-31-21-10-4-3-8-19(21)9-5-6-12-24(23(26)30)13-7-15-28(18-24)22(29)20-11-14-25-27(20)2/h3-4,8,10-11,14H,5-7,9,12-13,15-18H2,1-2H3. The fourth-order valence-electron chi connectivity index (χ4n) is 4.97. The third-order valence-corrected chi connectivity index (χ3v) is 6.71. The van der Waals surface area contributed by atoms with Gasteiger partial charge in [0.25, 0.3) is 5.91 Å². The largest absolute Gasteiger partial charge is 0.491 e. The molecule has 1 fully saturated rings. The summed E-state index contributed by atoms with van der Waals surface area (Å²) in [6.45, 7) is 2.15. The SMILES string of the molecule is CN1CCOc2ccccc2CCCCC2(CCCN(C(=O)c3ccnn3C)C2)C1=O. The van der Waals surface area contributed by atoms with Crippen LogP contribution in [0.15, 0.2) is 36.5 Å². The summed E-state index contributed by atoms with van der Waals surface area (Å²) in [5, 5.41) is 4.13. The van der Waals surface area contributed by atoms with Crippen LogP contribution in [0.4, 0.5) is 0 Å². The topological polar surface area (TPSA) is 67.7 Å². The molecule has 7 nitrogen and oxygen atoms in total. The van der Waals surface area contributed by atoms with E-state index in [1.165, 1.54) is 5.56 Å². The van der Waals surface area contributed by atoms with Crippen LogP contribution in [0.1, 0.15) is 48.2 Å². The van der Waals surface area contributed by atoms with Gasteiger partial charge in [-0.3, -0.25) is 14.3 Å². The molecule has 1 unspecified atom stereocenters. The van der Waals surface area contributed by atoms with Crippen LogP contribution in [-0.4, -0.2) is 64.7 Å². The zero-order valence-electron chi connectivity index (χ0n) is 18.5. The number of rotatable bonds is 1. The second-order valence-corrected chi connectivity index (χ2v) is 8.84. The normalized spacial score (nSPS) is 23.0. The van der Waals surface area contributed by atoms with Gasteiger partial charge in [-0.25, -0.2) is 0 Å². The molecule has 0 N–H and O–H groups in total. The van der Waals surface area contributed by atoms with E-state index in [9.17, 15) is 9.59 Å². The molecule has 1 spiro atoms. The number of likely N-dealkylation sites (N-methyl/N-ethyl adjacent to an activating group) is 1. The van der Waals surface area contributed by atoms with Crippen molar-refractivity contribution in [2.24, 2.45) is 12.5 Å². The molecule has 0 bridgehead atoms. The van der Waals surface area contributed by atoms with E-state index in [4.69, 9.17) is 4.74 Å². The Morgan fingerprint density at radius 3 is 2.68 bits per heavy atom. The third kappa shape index (κ3) is 4.45. The van der Waals surface area contributed by atoms with Crippen LogP contribution in [0.2, 0.25) is 0 Å². The van der Waals surface area contributed by atoms with Crippen molar-refractivity contribution in [3.8, 4) is 5.75 Å². The predicted octanol–water partition coefficient (Wildman–Crippen LogP) is 2.91. The van der Waals surface area contributed by atoms with Gasteiger partial charge in [0, 0.05) is 33.4 Å². The van der Waals surface area contributed by atoms with Crippen LogP contribution in [0.3, 0.4) is 0 Å². The molecule has 1 atom stereocenters. The average Bonchev–Trinajstić information content (AvgIpc) is 3.21. The van der Waals surface area contributed by atoms with Crippen LogP contribution in [0.25, 0.3) is 0 Å². The van der Waals surface area contributed by atoms with E-state index in [0.29, 0.717) is 31.9 Å². The molecule has 31 heavy (non-hydrogen) atoms. The number of nitrogens with zero attached hydrogens (tertiary/aromatic N) is 4. The number of aromatic nitrogens is 2. The minimum Gasteiger partial charge on any atom is -0.491 e. The van der Waals surface area contributed by atoms with E-state index >= 15 is 0 Å². The van der Waals surface area contributed by atoms with E-state index in [0.717, 1.165) is 44.3 Å². The first kappa shape index (κ1) is 21.4. The number of likely N-dealkylation sites (tertiary alicyclic amines) is 1. The fraction of sp³-hybridized carbons (Fsp3) is 0.542. The van der Waals surface area contributed by atoms with E-state index in [-0.39, 0.29) is 11.8 Å². The van der Waals surface area contributed by atoms with Crippen molar-refractivity contribution in [1.29, 1.82) is 0 Å². The van der Waals surface area contributed by atoms with Gasteiger partial charge in [-0.05, 0) is 49.8 Å². The first-order valence-corrected chi connectivity index (χ1v) is 11.2. The maximum atomic E-state index is 13.6. The number of aryl methyl sites for hydroxylation is 2. The lowest BCUT2D eigenvalue weighted by Gasteiger charge is -2.43.